The topological polar surface area (TPSA) is 58.2 Å². The summed E-state index contributed by atoms with van der Waals surface area (Å²) in [6.07, 6.45) is 6.38. The summed E-state index contributed by atoms with van der Waals surface area (Å²) >= 11 is 0. The van der Waals surface area contributed by atoms with Crippen LogP contribution in [0.1, 0.15) is 51.0 Å². The molecule has 4 atom stereocenters. The lowest BCUT2D eigenvalue weighted by atomic mass is 9.70. The second-order valence-corrected chi connectivity index (χ2v) is 7.33. The normalized spacial score (nSPS) is 29.5. The van der Waals surface area contributed by atoms with Gasteiger partial charge < -0.3 is 10.6 Å². The lowest BCUT2D eigenvalue weighted by molar-refractivity contribution is -0.127. The Hall–Kier alpha value is -1.84. The van der Waals surface area contributed by atoms with Crippen molar-refractivity contribution in [3.8, 4) is 0 Å². The monoisotopic (exact) mass is 328 g/mol. The molecule has 1 saturated heterocycles. The van der Waals surface area contributed by atoms with Crippen molar-refractivity contribution in [1.82, 2.24) is 10.6 Å². The molecule has 2 fully saturated rings. The largest absolute Gasteiger partial charge is 0.353 e. The van der Waals surface area contributed by atoms with Crippen LogP contribution in [0.4, 0.5) is 0 Å². The molecule has 1 saturated carbocycles. The van der Waals surface area contributed by atoms with Gasteiger partial charge in [-0.25, -0.2) is 0 Å². The summed E-state index contributed by atoms with van der Waals surface area (Å²) in [6, 6.07) is 10.3. The fourth-order valence-corrected chi connectivity index (χ4v) is 4.46. The van der Waals surface area contributed by atoms with Crippen LogP contribution in [0.25, 0.3) is 0 Å². The van der Waals surface area contributed by atoms with Crippen LogP contribution in [-0.2, 0) is 16.0 Å². The molecule has 0 aromatic heterocycles. The quantitative estimate of drug-likeness (QED) is 0.873. The zero-order valence-corrected chi connectivity index (χ0v) is 14.5. The molecule has 1 aliphatic carbocycles. The fraction of sp³-hybridized carbons (Fsp3) is 0.600. The van der Waals surface area contributed by atoms with Gasteiger partial charge in [-0.2, -0.15) is 0 Å². The molecule has 4 unspecified atom stereocenters. The van der Waals surface area contributed by atoms with Crippen LogP contribution in [0.2, 0.25) is 0 Å². The number of amides is 2. The molecule has 0 radical (unpaired) electrons. The number of hydrogen-bond donors (Lipinski definition) is 2. The Morgan fingerprint density at radius 3 is 2.79 bits per heavy atom. The van der Waals surface area contributed by atoms with Crippen molar-refractivity contribution in [2.45, 2.75) is 64.0 Å². The minimum atomic E-state index is 0.0805. The first-order chi connectivity index (χ1) is 11.7. The van der Waals surface area contributed by atoms with Crippen LogP contribution in [0.3, 0.4) is 0 Å². The Morgan fingerprint density at radius 1 is 1.25 bits per heavy atom. The van der Waals surface area contributed by atoms with E-state index in [1.165, 1.54) is 0 Å². The molecule has 0 spiro atoms. The van der Waals surface area contributed by atoms with Crippen molar-refractivity contribution >= 4 is 11.8 Å². The van der Waals surface area contributed by atoms with Crippen molar-refractivity contribution in [1.29, 1.82) is 0 Å². The molecular formula is C20H28N2O2. The summed E-state index contributed by atoms with van der Waals surface area (Å²) in [5.41, 5.74) is 1.04. The van der Waals surface area contributed by atoms with E-state index in [4.69, 9.17) is 0 Å². The van der Waals surface area contributed by atoms with Gasteiger partial charge in [-0.1, -0.05) is 43.7 Å². The van der Waals surface area contributed by atoms with E-state index >= 15 is 0 Å². The molecule has 3 rings (SSSR count). The highest BCUT2D eigenvalue weighted by molar-refractivity contribution is 5.79. The van der Waals surface area contributed by atoms with Gasteiger partial charge in [0.05, 0.1) is 6.42 Å². The minimum absolute atomic E-state index is 0.0805. The molecule has 1 heterocycles. The highest BCUT2D eigenvalue weighted by Gasteiger charge is 2.40. The molecular weight excluding hydrogens is 300 g/mol. The third-order valence-corrected chi connectivity index (χ3v) is 5.54. The minimum Gasteiger partial charge on any atom is -0.353 e. The first kappa shape index (κ1) is 17.0. The van der Waals surface area contributed by atoms with E-state index in [9.17, 15) is 9.59 Å². The summed E-state index contributed by atoms with van der Waals surface area (Å²) in [4.78, 5) is 24.2. The summed E-state index contributed by atoms with van der Waals surface area (Å²) in [6.45, 7) is 2.19. The van der Waals surface area contributed by atoms with E-state index in [0.29, 0.717) is 24.7 Å². The molecule has 0 bridgehead atoms. The Balaban J connectivity index is 1.54. The average Bonchev–Trinajstić information content (AvgIpc) is 2.55. The van der Waals surface area contributed by atoms with Crippen molar-refractivity contribution < 1.29 is 9.59 Å². The molecule has 2 N–H and O–H groups in total. The van der Waals surface area contributed by atoms with Gasteiger partial charge in [0.25, 0.3) is 0 Å². The second kappa shape index (κ2) is 7.82. The zero-order chi connectivity index (χ0) is 16.9. The van der Waals surface area contributed by atoms with E-state index < -0.39 is 0 Å². The van der Waals surface area contributed by atoms with Crippen molar-refractivity contribution in [3.05, 3.63) is 35.9 Å². The number of hydrogen-bond acceptors (Lipinski definition) is 2. The Kier molecular flexibility index (Phi) is 5.54. The molecule has 4 heteroatoms. The predicted molar refractivity (Wildman–Crippen MR) is 94.4 cm³/mol. The first-order valence-electron chi connectivity index (χ1n) is 9.28. The molecule has 1 aromatic rings. The number of piperidine rings is 1. The van der Waals surface area contributed by atoms with Crippen LogP contribution in [0.5, 0.6) is 0 Å². The van der Waals surface area contributed by atoms with E-state index in [2.05, 4.69) is 17.6 Å². The van der Waals surface area contributed by atoms with E-state index in [1.807, 2.05) is 30.3 Å². The maximum atomic E-state index is 12.3. The number of benzene rings is 1. The standard InChI is InChI=1S/C20H28N2O2/c1-2-6-15-12-20(24)22-18-13-16(9-10-17(15)18)21-19(23)11-14-7-4-3-5-8-14/h3-5,7-8,15-18H,2,6,9-13H2,1H3,(H,21,23)(H,22,24). The third kappa shape index (κ3) is 4.16. The highest BCUT2D eigenvalue weighted by atomic mass is 16.2. The van der Waals surface area contributed by atoms with Gasteiger partial charge >= 0.3 is 0 Å². The SMILES string of the molecule is CCCC1CC(=O)NC2CC(NC(=O)Cc3ccccc3)CCC12. The van der Waals surface area contributed by atoms with Gasteiger partial charge in [0.15, 0.2) is 0 Å². The van der Waals surface area contributed by atoms with Crippen molar-refractivity contribution in [3.63, 3.8) is 0 Å². The summed E-state index contributed by atoms with van der Waals surface area (Å²) in [5, 5.41) is 6.34. The third-order valence-electron chi connectivity index (χ3n) is 5.54. The van der Waals surface area contributed by atoms with Crippen LogP contribution in [-0.4, -0.2) is 23.9 Å². The van der Waals surface area contributed by atoms with Gasteiger partial charge in [-0.05, 0) is 43.1 Å². The smallest absolute Gasteiger partial charge is 0.224 e. The lowest BCUT2D eigenvalue weighted by Crippen LogP contribution is -2.55. The number of carbonyl (C=O) groups excluding carboxylic acids is 2. The Bertz CT molecular complexity index is 572. The number of fused-ring (bicyclic) bond motifs is 1. The summed E-state index contributed by atoms with van der Waals surface area (Å²) in [5.74, 6) is 1.38. The van der Waals surface area contributed by atoms with E-state index in [0.717, 1.165) is 37.7 Å². The summed E-state index contributed by atoms with van der Waals surface area (Å²) < 4.78 is 0. The molecule has 1 aromatic carbocycles. The molecule has 1 aliphatic heterocycles. The van der Waals surface area contributed by atoms with Crippen LogP contribution < -0.4 is 10.6 Å². The van der Waals surface area contributed by atoms with Gasteiger partial charge in [-0.3, -0.25) is 9.59 Å². The second-order valence-electron chi connectivity index (χ2n) is 7.33. The maximum Gasteiger partial charge on any atom is 0.224 e. The molecule has 130 valence electrons. The molecule has 2 aliphatic rings. The van der Waals surface area contributed by atoms with Crippen molar-refractivity contribution in [2.24, 2.45) is 11.8 Å². The fourth-order valence-electron chi connectivity index (χ4n) is 4.46. The zero-order valence-electron chi connectivity index (χ0n) is 14.5. The predicted octanol–water partition coefficient (Wildman–Crippen LogP) is 2.82. The van der Waals surface area contributed by atoms with Gasteiger partial charge in [-0.15, -0.1) is 0 Å². The highest BCUT2D eigenvalue weighted by Crippen LogP contribution is 2.37. The van der Waals surface area contributed by atoms with Crippen LogP contribution in [0, 0.1) is 11.8 Å². The lowest BCUT2D eigenvalue weighted by Gasteiger charge is -2.44. The van der Waals surface area contributed by atoms with E-state index in [1.54, 1.807) is 0 Å². The van der Waals surface area contributed by atoms with Gasteiger partial charge in [0.1, 0.15) is 0 Å². The Labute approximate surface area is 144 Å². The number of carbonyl (C=O) groups is 2. The molecule has 2 amide bonds. The molecule has 4 nitrogen and oxygen atoms in total. The maximum absolute atomic E-state index is 12.3. The van der Waals surface area contributed by atoms with Gasteiger partial charge in [0.2, 0.25) is 11.8 Å². The number of nitrogens with one attached hydrogen (secondary N) is 2. The van der Waals surface area contributed by atoms with E-state index in [-0.39, 0.29) is 23.9 Å². The molecule has 24 heavy (non-hydrogen) atoms. The first-order valence-corrected chi connectivity index (χ1v) is 9.28. The van der Waals surface area contributed by atoms with Crippen LogP contribution in [0.15, 0.2) is 30.3 Å². The van der Waals surface area contributed by atoms with Gasteiger partial charge in [0, 0.05) is 18.5 Å². The van der Waals surface area contributed by atoms with Crippen molar-refractivity contribution in [2.75, 3.05) is 0 Å². The average molecular weight is 328 g/mol. The summed E-state index contributed by atoms with van der Waals surface area (Å²) in [7, 11) is 0. The number of rotatable bonds is 5. The van der Waals surface area contributed by atoms with Crippen LogP contribution >= 0.6 is 0 Å². The Morgan fingerprint density at radius 2 is 2.04 bits per heavy atom.